The molecule has 1 heterocycles. The van der Waals surface area contributed by atoms with E-state index in [0.717, 1.165) is 0 Å². The molecule has 1 aromatic rings. The predicted octanol–water partition coefficient (Wildman–Crippen LogP) is 5.73. The average Bonchev–Trinajstić information content (AvgIpc) is 2.71. The van der Waals surface area contributed by atoms with Crippen LogP contribution in [0.25, 0.3) is 0 Å². The molecule has 0 unspecified atom stereocenters. The quantitative estimate of drug-likeness (QED) is 0.202. The molecule has 158 valence electrons. The molecule has 0 aromatic carbocycles. The van der Waals surface area contributed by atoms with Gasteiger partial charge in [-0.1, -0.05) is 0 Å². The van der Waals surface area contributed by atoms with Crippen LogP contribution in [0.15, 0.2) is 25.3 Å². The summed E-state index contributed by atoms with van der Waals surface area (Å²) in [7, 11) is 0. The van der Waals surface area contributed by atoms with Gasteiger partial charge in [0, 0.05) is 0 Å². The molecule has 0 bridgehead atoms. The van der Waals surface area contributed by atoms with Crippen LogP contribution in [0.2, 0.25) is 13.3 Å². The van der Waals surface area contributed by atoms with Crippen molar-refractivity contribution >= 4 is 18.8 Å². The summed E-state index contributed by atoms with van der Waals surface area (Å²) in [6.45, 7) is 14.7. The van der Waals surface area contributed by atoms with E-state index in [1.54, 1.807) is 12.2 Å². The molecule has 0 fully saturated rings. The van der Waals surface area contributed by atoms with Crippen LogP contribution in [0.3, 0.4) is 0 Å². The number of hydrogen-bond acceptors (Lipinski definition) is 6. The van der Waals surface area contributed by atoms with E-state index in [9.17, 15) is 0 Å². The van der Waals surface area contributed by atoms with E-state index in [1.807, 2.05) is 0 Å². The summed E-state index contributed by atoms with van der Waals surface area (Å²) in [5.41, 5.74) is 0. The van der Waals surface area contributed by atoms with Gasteiger partial charge in [0.1, 0.15) is 0 Å². The normalized spacial score (nSPS) is 11.1. The van der Waals surface area contributed by atoms with Gasteiger partial charge in [-0.3, -0.25) is 0 Å². The van der Waals surface area contributed by atoms with Gasteiger partial charge in [0.2, 0.25) is 0 Å². The van der Waals surface area contributed by atoms with Crippen LogP contribution < -0.4 is 12.5 Å². The van der Waals surface area contributed by atoms with Gasteiger partial charge >= 0.3 is 175 Å². The molecule has 0 saturated heterocycles. The fraction of sp³-hybridized carbons (Fsp3) is 0.667. The Morgan fingerprint density at radius 1 is 0.714 bits per heavy atom. The van der Waals surface area contributed by atoms with E-state index in [2.05, 4.69) is 48.9 Å². The molecule has 1 rings (SSSR count). The first-order valence-corrected chi connectivity index (χ1v) is 17.8. The number of unbranched alkanes of at least 4 members (excludes halogenated alkanes) is 3. The third-order valence-corrected chi connectivity index (χ3v) is 17.1. The maximum atomic E-state index is 6.69. The number of ether oxygens (including phenoxy) is 2. The Hall–Kier alpha value is -1.31. The van der Waals surface area contributed by atoms with Gasteiger partial charge in [-0.2, -0.15) is 0 Å². The van der Waals surface area contributed by atoms with Gasteiger partial charge in [-0.25, -0.2) is 0 Å². The first kappa shape index (κ1) is 24.7. The summed E-state index contributed by atoms with van der Waals surface area (Å²) in [5, 5.41) is 0. The van der Waals surface area contributed by atoms with Crippen LogP contribution in [0.5, 0.6) is 18.0 Å². The third kappa shape index (κ3) is 9.26. The van der Waals surface area contributed by atoms with Crippen LogP contribution in [-0.4, -0.2) is 47.0 Å². The summed E-state index contributed by atoms with van der Waals surface area (Å²) in [5.74, 6) is 0. The summed E-state index contributed by atoms with van der Waals surface area (Å²) < 4.78 is 21.3. The van der Waals surface area contributed by atoms with E-state index in [1.165, 1.54) is 51.8 Å². The molecule has 0 aliphatic heterocycles. The van der Waals surface area contributed by atoms with Crippen molar-refractivity contribution in [3.63, 3.8) is 0 Å². The van der Waals surface area contributed by atoms with Gasteiger partial charge in [0.15, 0.2) is 0 Å². The van der Waals surface area contributed by atoms with Gasteiger partial charge in [-0.05, 0) is 0 Å². The first-order valence-electron chi connectivity index (χ1n) is 10.6. The Bertz CT molecular complexity index is 532. The minimum atomic E-state index is -2.90. The van der Waals surface area contributed by atoms with Crippen molar-refractivity contribution in [1.82, 2.24) is 15.0 Å². The Morgan fingerprint density at radius 2 is 1.11 bits per heavy atom. The van der Waals surface area contributed by atoms with Crippen molar-refractivity contribution in [2.24, 2.45) is 0 Å². The average molecular weight is 498 g/mol. The zero-order chi connectivity index (χ0) is 20.7. The molecule has 6 nitrogen and oxygen atoms in total. The van der Waals surface area contributed by atoms with Gasteiger partial charge in [-0.15, -0.1) is 0 Å². The van der Waals surface area contributed by atoms with Crippen molar-refractivity contribution in [3.05, 3.63) is 25.3 Å². The zero-order valence-electron chi connectivity index (χ0n) is 17.9. The molecule has 0 aliphatic carbocycles. The van der Waals surface area contributed by atoms with Crippen molar-refractivity contribution < 1.29 is 12.5 Å². The zero-order valence-corrected chi connectivity index (χ0v) is 20.8. The van der Waals surface area contributed by atoms with Crippen molar-refractivity contribution in [1.29, 1.82) is 0 Å². The molecule has 0 N–H and O–H groups in total. The molecule has 0 saturated carbocycles. The van der Waals surface area contributed by atoms with E-state index in [4.69, 9.17) is 12.5 Å². The molecule has 28 heavy (non-hydrogen) atoms. The molecular weight excluding hydrogens is 461 g/mol. The summed E-state index contributed by atoms with van der Waals surface area (Å²) in [6, 6.07) is 0.781. The maximum absolute atomic E-state index is 6.69. The predicted molar refractivity (Wildman–Crippen MR) is 117 cm³/mol. The second-order valence-electron chi connectivity index (χ2n) is 6.98. The molecule has 0 amide bonds. The monoisotopic (exact) mass is 499 g/mol. The van der Waals surface area contributed by atoms with E-state index in [0.29, 0.717) is 19.2 Å². The first-order chi connectivity index (χ1) is 13.6. The van der Waals surface area contributed by atoms with Crippen LogP contribution in [0.1, 0.15) is 59.3 Å². The van der Waals surface area contributed by atoms with E-state index in [-0.39, 0.29) is 12.0 Å². The van der Waals surface area contributed by atoms with Gasteiger partial charge in [0.25, 0.3) is 0 Å². The SMILES string of the molecule is C=CCOc1nc(OCC=C)nc([O][Sn]([CH2]CCC)([CH2]CCC)[CH2]CCC)n1. The minimum absolute atomic E-state index is 0.214. The van der Waals surface area contributed by atoms with Crippen molar-refractivity contribution in [2.45, 2.75) is 72.6 Å². The van der Waals surface area contributed by atoms with Crippen LogP contribution in [0.4, 0.5) is 0 Å². The molecule has 1 aromatic heterocycles. The van der Waals surface area contributed by atoms with Crippen LogP contribution >= 0.6 is 0 Å². The number of hydrogen-bond donors (Lipinski definition) is 0. The van der Waals surface area contributed by atoms with E-state index >= 15 is 0 Å². The molecule has 0 spiro atoms. The van der Waals surface area contributed by atoms with Gasteiger partial charge in [0.05, 0.1) is 0 Å². The van der Waals surface area contributed by atoms with Gasteiger partial charge < -0.3 is 0 Å². The fourth-order valence-corrected chi connectivity index (χ4v) is 15.9. The molecule has 0 aliphatic rings. The number of aromatic nitrogens is 3. The molecule has 0 radical (unpaired) electrons. The summed E-state index contributed by atoms with van der Waals surface area (Å²) >= 11 is -2.90. The Balaban J connectivity index is 3.16. The molecule has 0 atom stereocenters. The fourth-order valence-electron chi connectivity index (χ4n) is 2.98. The third-order valence-electron chi connectivity index (χ3n) is 4.50. The molecule has 7 heteroatoms. The summed E-state index contributed by atoms with van der Waals surface area (Å²) in [6.07, 6.45) is 10.5. The Kier molecular flexibility index (Phi) is 12.9. The molecular formula is C21H37N3O3Sn. The van der Waals surface area contributed by atoms with Crippen molar-refractivity contribution in [2.75, 3.05) is 13.2 Å². The topological polar surface area (TPSA) is 66.4 Å². The Labute approximate surface area is 175 Å². The second-order valence-corrected chi connectivity index (χ2v) is 18.6. The Morgan fingerprint density at radius 3 is 1.46 bits per heavy atom. The van der Waals surface area contributed by atoms with Crippen LogP contribution in [0, 0.1) is 0 Å². The standard InChI is InChI=1S/C9H11N3O3.3C4H9.Sn/c1-3-5-14-8-10-7(13)11-9(12-8)15-6-4-2;3*1-3-4-2;/h3-4H,1-2,5-6H2,(H,10,11,12,13);3*1,3-4H2,2H3;/q;;;;+1/p-1. The van der Waals surface area contributed by atoms with E-state index < -0.39 is 18.8 Å². The van der Waals surface area contributed by atoms with Crippen molar-refractivity contribution in [3.8, 4) is 18.0 Å². The number of rotatable bonds is 17. The summed E-state index contributed by atoms with van der Waals surface area (Å²) in [4.78, 5) is 13.0. The number of nitrogens with zero attached hydrogens (tertiary/aromatic N) is 3. The second kappa shape index (κ2) is 14.7. The van der Waals surface area contributed by atoms with Crippen LogP contribution in [-0.2, 0) is 0 Å².